The number of guanidine groups is 1. The molecule has 2 aromatic rings. The molecule has 0 amide bonds. The van der Waals surface area contributed by atoms with E-state index < -0.39 is 0 Å². The van der Waals surface area contributed by atoms with Crippen LogP contribution in [0.3, 0.4) is 0 Å². The Morgan fingerprint density at radius 3 is 3.05 bits per heavy atom. The topological polar surface area (TPSA) is 72.7 Å². The molecular weight excluding hydrogens is 282 g/mol. The van der Waals surface area contributed by atoms with Gasteiger partial charge in [-0.2, -0.15) is 0 Å². The van der Waals surface area contributed by atoms with E-state index in [1.807, 2.05) is 29.0 Å². The van der Waals surface area contributed by atoms with Gasteiger partial charge in [0.2, 0.25) is 6.79 Å². The van der Waals surface area contributed by atoms with E-state index in [1.165, 1.54) is 0 Å². The van der Waals surface area contributed by atoms with Gasteiger partial charge in [-0.25, -0.2) is 4.98 Å². The second-order valence-corrected chi connectivity index (χ2v) is 4.84. The summed E-state index contributed by atoms with van der Waals surface area (Å²) in [6, 6.07) is 5.92. The largest absolute Gasteiger partial charge is 0.454 e. The second kappa shape index (κ2) is 6.84. The van der Waals surface area contributed by atoms with Gasteiger partial charge in [-0.05, 0) is 17.7 Å². The standard InChI is InChI=1S/C15H19N5O2/c1-16-15(18-5-7-20-6-4-17-10-20)19-9-12-2-3-13-14(8-12)22-11-21-13/h2-4,6,8,10H,5,7,9,11H2,1H3,(H2,16,18,19). The molecule has 22 heavy (non-hydrogen) atoms. The van der Waals surface area contributed by atoms with Crippen LogP contribution < -0.4 is 20.1 Å². The Labute approximate surface area is 129 Å². The minimum Gasteiger partial charge on any atom is -0.454 e. The van der Waals surface area contributed by atoms with Crippen LogP contribution in [0.5, 0.6) is 11.5 Å². The summed E-state index contributed by atoms with van der Waals surface area (Å²) in [4.78, 5) is 8.22. The Morgan fingerprint density at radius 1 is 1.32 bits per heavy atom. The smallest absolute Gasteiger partial charge is 0.231 e. The average molecular weight is 301 g/mol. The van der Waals surface area contributed by atoms with Crippen LogP contribution >= 0.6 is 0 Å². The van der Waals surface area contributed by atoms with Crippen LogP contribution in [0.25, 0.3) is 0 Å². The number of ether oxygens (including phenoxy) is 2. The molecule has 0 spiro atoms. The van der Waals surface area contributed by atoms with E-state index in [0.29, 0.717) is 13.3 Å². The van der Waals surface area contributed by atoms with E-state index in [2.05, 4.69) is 20.6 Å². The second-order valence-electron chi connectivity index (χ2n) is 4.84. The molecule has 2 heterocycles. The Hall–Kier alpha value is -2.70. The summed E-state index contributed by atoms with van der Waals surface area (Å²) in [5, 5.41) is 6.54. The highest BCUT2D eigenvalue weighted by Crippen LogP contribution is 2.32. The first kappa shape index (κ1) is 14.2. The zero-order valence-electron chi connectivity index (χ0n) is 12.5. The van der Waals surface area contributed by atoms with Crippen molar-refractivity contribution in [1.82, 2.24) is 20.2 Å². The van der Waals surface area contributed by atoms with E-state index in [0.717, 1.165) is 36.1 Å². The van der Waals surface area contributed by atoms with Crippen LogP contribution in [0.4, 0.5) is 0 Å². The molecule has 116 valence electrons. The lowest BCUT2D eigenvalue weighted by molar-refractivity contribution is 0.174. The van der Waals surface area contributed by atoms with Gasteiger partial charge in [0, 0.05) is 39.1 Å². The molecule has 0 saturated heterocycles. The van der Waals surface area contributed by atoms with Crippen LogP contribution in [0.15, 0.2) is 41.9 Å². The first-order valence-corrected chi connectivity index (χ1v) is 7.14. The number of imidazole rings is 1. The maximum Gasteiger partial charge on any atom is 0.231 e. The van der Waals surface area contributed by atoms with Crippen molar-refractivity contribution in [3.05, 3.63) is 42.5 Å². The van der Waals surface area contributed by atoms with Crippen molar-refractivity contribution in [1.29, 1.82) is 0 Å². The molecule has 2 N–H and O–H groups in total. The van der Waals surface area contributed by atoms with Gasteiger partial charge in [0.25, 0.3) is 0 Å². The lowest BCUT2D eigenvalue weighted by Crippen LogP contribution is -2.38. The number of aromatic nitrogens is 2. The first-order chi connectivity index (χ1) is 10.8. The third kappa shape index (κ3) is 3.49. The average Bonchev–Trinajstić information content (AvgIpc) is 3.21. The van der Waals surface area contributed by atoms with Crippen molar-refractivity contribution in [2.45, 2.75) is 13.1 Å². The highest BCUT2D eigenvalue weighted by atomic mass is 16.7. The molecule has 0 fully saturated rings. The van der Waals surface area contributed by atoms with Gasteiger partial charge in [-0.3, -0.25) is 4.99 Å². The third-order valence-corrected chi connectivity index (χ3v) is 3.34. The summed E-state index contributed by atoms with van der Waals surface area (Å²) in [5.41, 5.74) is 1.11. The van der Waals surface area contributed by atoms with Gasteiger partial charge in [0.05, 0.1) is 6.33 Å². The molecule has 1 aromatic carbocycles. The summed E-state index contributed by atoms with van der Waals surface area (Å²) in [7, 11) is 1.76. The molecule has 0 aliphatic carbocycles. The highest BCUT2D eigenvalue weighted by molar-refractivity contribution is 5.79. The third-order valence-electron chi connectivity index (χ3n) is 3.34. The van der Waals surface area contributed by atoms with E-state index in [1.54, 1.807) is 19.6 Å². The van der Waals surface area contributed by atoms with Crippen molar-refractivity contribution in [3.8, 4) is 11.5 Å². The van der Waals surface area contributed by atoms with Gasteiger partial charge >= 0.3 is 0 Å². The SMILES string of the molecule is CN=C(NCCn1ccnc1)NCc1ccc2c(c1)OCO2. The van der Waals surface area contributed by atoms with Crippen molar-refractivity contribution in [2.24, 2.45) is 4.99 Å². The van der Waals surface area contributed by atoms with Crippen LogP contribution in [-0.4, -0.2) is 35.9 Å². The van der Waals surface area contributed by atoms with E-state index in [4.69, 9.17) is 9.47 Å². The monoisotopic (exact) mass is 301 g/mol. The predicted molar refractivity (Wildman–Crippen MR) is 83.0 cm³/mol. The van der Waals surface area contributed by atoms with Crippen LogP contribution in [-0.2, 0) is 13.1 Å². The van der Waals surface area contributed by atoms with Crippen molar-refractivity contribution < 1.29 is 9.47 Å². The minimum atomic E-state index is 0.295. The molecular formula is C15H19N5O2. The molecule has 0 bridgehead atoms. The number of nitrogens with one attached hydrogen (secondary N) is 2. The Morgan fingerprint density at radius 2 is 2.23 bits per heavy atom. The van der Waals surface area contributed by atoms with Gasteiger partial charge < -0.3 is 24.7 Å². The fraction of sp³-hybridized carbons (Fsp3) is 0.333. The van der Waals surface area contributed by atoms with Crippen molar-refractivity contribution >= 4 is 5.96 Å². The zero-order chi connectivity index (χ0) is 15.2. The molecule has 7 nitrogen and oxygen atoms in total. The summed E-state index contributed by atoms with van der Waals surface area (Å²) in [6.45, 7) is 2.58. The summed E-state index contributed by atoms with van der Waals surface area (Å²) in [5.74, 6) is 2.35. The molecule has 0 atom stereocenters. The maximum absolute atomic E-state index is 5.37. The van der Waals surface area contributed by atoms with Gasteiger partial charge in [-0.15, -0.1) is 0 Å². The Bertz CT molecular complexity index is 639. The maximum atomic E-state index is 5.37. The fourth-order valence-corrected chi connectivity index (χ4v) is 2.18. The van der Waals surface area contributed by atoms with E-state index >= 15 is 0 Å². The zero-order valence-corrected chi connectivity index (χ0v) is 12.5. The molecule has 3 rings (SSSR count). The molecule has 0 radical (unpaired) electrons. The number of aliphatic imine (C=N–C) groups is 1. The predicted octanol–water partition coefficient (Wildman–Crippen LogP) is 0.977. The number of nitrogens with zero attached hydrogens (tertiary/aromatic N) is 3. The Kier molecular flexibility index (Phi) is 4.43. The summed E-state index contributed by atoms with van der Waals surface area (Å²) >= 11 is 0. The van der Waals surface area contributed by atoms with Crippen LogP contribution in [0, 0.1) is 0 Å². The fourth-order valence-electron chi connectivity index (χ4n) is 2.18. The highest BCUT2D eigenvalue weighted by Gasteiger charge is 2.13. The van der Waals surface area contributed by atoms with Crippen molar-refractivity contribution in [3.63, 3.8) is 0 Å². The summed E-state index contributed by atoms with van der Waals surface area (Å²) in [6.07, 6.45) is 5.50. The minimum absolute atomic E-state index is 0.295. The van der Waals surface area contributed by atoms with Gasteiger partial charge in [0.15, 0.2) is 17.5 Å². The van der Waals surface area contributed by atoms with Gasteiger partial charge in [-0.1, -0.05) is 6.07 Å². The lowest BCUT2D eigenvalue weighted by Gasteiger charge is -2.12. The van der Waals surface area contributed by atoms with Crippen molar-refractivity contribution in [2.75, 3.05) is 20.4 Å². The molecule has 7 heteroatoms. The number of fused-ring (bicyclic) bond motifs is 1. The van der Waals surface area contributed by atoms with E-state index in [9.17, 15) is 0 Å². The summed E-state index contributed by atoms with van der Waals surface area (Å²) < 4.78 is 12.7. The normalized spacial score (nSPS) is 13.2. The quantitative estimate of drug-likeness (QED) is 0.636. The van der Waals surface area contributed by atoms with Crippen LogP contribution in [0.1, 0.15) is 5.56 Å². The molecule has 1 aromatic heterocycles. The first-order valence-electron chi connectivity index (χ1n) is 7.14. The molecule has 0 saturated carbocycles. The molecule has 1 aliphatic heterocycles. The number of rotatable bonds is 5. The molecule has 0 unspecified atom stereocenters. The number of hydrogen-bond acceptors (Lipinski definition) is 4. The number of benzene rings is 1. The Balaban J connectivity index is 1.46. The van der Waals surface area contributed by atoms with Gasteiger partial charge in [0.1, 0.15) is 0 Å². The van der Waals surface area contributed by atoms with Crippen LogP contribution in [0.2, 0.25) is 0 Å². The van der Waals surface area contributed by atoms with E-state index in [-0.39, 0.29) is 0 Å². The number of hydrogen-bond donors (Lipinski definition) is 2. The molecule has 1 aliphatic rings. The lowest BCUT2D eigenvalue weighted by atomic mass is 10.2.